The van der Waals surface area contributed by atoms with Crippen molar-refractivity contribution in [3.8, 4) is 0 Å². The number of nitrogens with zero attached hydrogens (tertiary/aromatic N) is 1. The average molecular weight is 442 g/mol. The summed E-state index contributed by atoms with van der Waals surface area (Å²) < 4.78 is 6.93. The summed E-state index contributed by atoms with van der Waals surface area (Å²) in [6.07, 6.45) is 2.73. The summed E-state index contributed by atoms with van der Waals surface area (Å²) >= 11 is 0. The van der Waals surface area contributed by atoms with Crippen LogP contribution in [-0.4, -0.2) is 28.7 Å². The molecule has 0 fully saturated rings. The molecule has 0 radical (unpaired) electrons. The van der Waals surface area contributed by atoms with E-state index < -0.39 is 5.97 Å². The Labute approximate surface area is 192 Å². The molecule has 0 aliphatic carbocycles. The Hall–Kier alpha value is -2.82. The van der Waals surface area contributed by atoms with Gasteiger partial charge in [0.05, 0.1) is 18.9 Å². The summed E-state index contributed by atoms with van der Waals surface area (Å²) in [6, 6.07) is 17.9. The number of benzene rings is 2. The highest BCUT2D eigenvalue weighted by atomic mass is 16.5. The van der Waals surface area contributed by atoms with Crippen LogP contribution in [0.4, 0.5) is 0 Å². The first-order valence-electron chi connectivity index (χ1n) is 11.5. The van der Waals surface area contributed by atoms with Gasteiger partial charge in [0.2, 0.25) is 0 Å². The van der Waals surface area contributed by atoms with Gasteiger partial charge in [0.25, 0.3) is 0 Å². The van der Waals surface area contributed by atoms with Gasteiger partial charge < -0.3 is 14.4 Å². The zero-order valence-corrected chi connectivity index (χ0v) is 20.6. The molecule has 0 amide bonds. The van der Waals surface area contributed by atoms with E-state index in [9.17, 15) is 9.59 Å². The third-order valence-corrected chi connectivity index (χ3v) is 5.90. The van der Waals surface area contributed by atoms with Crippen molar-refractivity contribution in [2.75, 3.05) is 7.11 Å². The lowest BCUT2D eigenvalue weighted by Crippen LogP contribution is -2.10. The van der Waals surface area contributed by atoms with E-state index >= 15 is 0 Å². The minimum atomic E-state index is -0.706. The van der Waals surface area contributed by atoms with Crippen molar-refractivity contribution < 1.29 is 19.4 Å². The Kier molecular flexibility index (Phi) is 11.5. The number of carbonyl (C=O) groups is 2. The largest absolute Gasteiger partial charge is 0.481 e. The minimum Gasteiger partial charge on any atom is -0.481 e. The molecule has 3 unspecified atom stereocenters. The summed E-state index contributed by atoms with van der Waals surface area (Å²) in [4.78, 5) is 20.5. The molecule has 0 aliphatic heterocycles. The van der Waals surface area contributed by atoms with Crippen molar-refractivity contribution in [2.45, 2.75) is 66.8 Å². The van der Waals surface area contributed by atoms with Crippen LogP contribution in [0.2, 0.25) is 0 Å². The Morgan fingerprint density at radius 3 is 1.53 bits per heavy atom. The van der Waals surface area contributed by atoms with Crippen molar-refractivity contribution in [1.29, 1.82) is 0 Å². The Morgan fingerprint density at radius 2 is 1.25 bits per heavy atom. The van der Waals surface area contributed by atoms with E-state index in [-0.39, 0.29) is 17.8 Å². The number of methoxy groups -OCH3 is 1. The van der Waals surface area contributed by atoms with Crippen LogP contribution in [0.5, 0.6) is 0 Å². The Morgan fingerprint density at radius 1 is 0.812 bits per heavy atom. The number of aliphatic carboxylic acids is 1. The molecule has 5 nitrogen and oxygen atoms in total. The first kappa shape index (κ1) is 27.2. The minimum absolute atomic E-state index is 0.0556. The van der Waals surface area contributed by atoms with Gasteiger partial charge in [-0.3, -0.25) is 9.59 Å². The van der Waals surface area contributed by atoms with Gasteiger partial charge in [-0.2, -0.15) is 0 Å². The van der Waals surface area contributed by atoms with E-state index in [0.29, 0.717) is 6.04 Å². The van der Waals surface area contributed by atoms with Crippen LogP contribution >= 0.6 is 0 Å². The highest BCUT2D eigenvalue weighted by Gasteiger charge is 2.12. The smallest absolute Gasteiger partial charge is 0.308 e. The number of carbonyl (C=O) groups excluding carboxylic acids is 1. The normalized spacial score (nSPS) is 13.2. The standard InChI is InChI=1S/C16H17N.C6H12O2.C5H10O2/c1-3-12(2)17-15-10-6-4-8-13(15)14-9-5-7-11-16(14)17;1-4-5(2)6(7)8-3;1-3-4(2)5(6)7/h4-12H,3H2,1-2H3;5H,4H2,1-3H3;4H,3H2,1-2H3,(H,6,7). The molecule has 0 aliphatic rings. The second-order valence-corrected chi connectivity index (χ2v) is 8.14. The molecule has 32 heavy (non-hydrogen) atoms. The fraction of sp³-hybridized carbons (Fsp3) is 0.481. The quantitative estimate of drug-likeness (QED) is 0.415. The van der Waals surface area contributed by atoms with E-state index in [4.69, 9.17) is 5.11 Å². The maximum absolute atomic E-state index is 10.5. The molecule has 3 atom stereocenters. The third-order valence-electron chi connectivity index (χ3n) is 5.90. The molecule has 1 aromatic heterocycles. The van der Waals surface area contributed by atoms with Gasteiger partial charge in [-0.25, -0.2) is 0 Å². The molecule has 0 saturated heterocycles. The number of hydrogen-bond acceptors (Lipinski definition) is 3. The van der Waals surface area contributed by atoms with Gasteiger partial charge in [0.1, 0.15) is 0 Å². The number of para-hydroxylation sites is 2. The summed E-state index contributed by atoms with van der Waals surface area (Å²) in [5.41, 5.74) is 2.70. The van der Waals surface area contributed by atoms with Crippen LogP contribution in [0, 0.1) is 11.8 Å². The Bertz CT molecular complexity index is 938. The average Bonchev–Trinajstić information content (AvgIpc) is 3.17. The van der Waals surface area contributed by atoms with E-state index in [0.717, 1.165) is 19.3 Å². The van der Waals surface area contributed by atoms with Gasteiger partial charge in [-0.15, -0.1) is 0 Å². The van der Waals surface area contributed by atoms with Crippen LogP contribution in [-0.2, 0) is 14.3 Å². The number of rotatable bonds is 6. The number of aromatic nitrogens is 1. The van der Waals surface area contributed by atoms with Crippen molar-refractivity contribution in [1.82, 2.24) is 4.57 Å². The molecule has 0 spiro atoms. The second-order valence-electron chi connectivity index (χ2n) is 8.14. The fourth-order valence-electron chi connectivity index (χ4n) is 3.15. The molecule has 0 bridgehead atoms. The molecule has 5 heteroatoms. The van der Waals surface area contributed by atoms with Crippen molar-refractivity contribution in [3.63, 3.8) is 0 Å². The number of carboxylic acid groups (broad SMARTS) is 1. The maximum Gasteiger partial charge on any atom is 0.308 e. The first-order valence-corrected chi connectivity index (χ1v) is 11.5. The SMILES string of the molecule is CCC(C)C(=O)O.CCC(C)C(=O)OC.CCC(C)n1c2ccccc2c2ccccc21. The van der Waals surface area contributed by atoms with Crippen LogP contribution < -0.4 is 0 Å². The highest BCUT2D eigenvalue weighted by Crippen LogP contribution is 2.32. The van der Waals surface area contributed by atoms with Gasteiger partial charge in [0, 0.05) is 27.8 Å². The van der Waals surface area contributed by atoms with Gasteiger partial charge >= 0.3 is 11.9 Å². The van der Waals surface area contributed by atoms with Crippen LogP contribution in [0.3, 0.4) is 0 Å². The van der Waals surface area contributed by atoms with Crippen LogP contribution in [0.15, 0.2) is 48.5 Å². The van der Waals surface area contributed by atoms with E-state index in [1.807, 2.05) is 20.8 Å². The van der Waals surface area contributed by atoms with E-state index in [1.165, 1.54) is 28.9 Å². The second kappa shape index (κ2) is 13.6. The summed E-state index contributed by atoms with van der Waals surface area (Å²) in [6.45, 7) is 11.9. The van der Waals surface area contributed by atoms with Gasteiger partial charge in [0.15, 0.2) is 0 Å². The molecular weight excluding hydrogens is 402 g/mol. The molecule has 0 saturated carbocycles. The van der Waals surface area contributed by atoms with Crippen molar-refractivity contribution in [3.05, 3.63) is 48.5 Å². The monoisotopic (exact) mass is 441 g/mol. The van der Waals surface area contributed by atoms with Crippen molar-refractivity contribution >= 4 is 33.7 Å². The summed E-state index contributed by atoms with van der Waals surface area (Å²) in [5, 5.41) is 10.9. The lowest BCUT2D eigenvalue weighted by molar-refractivity contribution is -0.145. The molecule has 3 aromatic rings. The maximum atomic E-state index is 10.5. The Balaban J connectivity index is 0.000000288. The van der Waals surface area contributed by atoms with E-state index in [2.05, 4.69) is 71.7 Å². The summed E-state index contributed by atoms with van der Waals surface area (Å²) in [5.74, 6) is -0.949. The molecular formula is C27H39NO4. The summed E-state index contributed by atoms with van der Waals surface area (Å²) in [7, 11) is 1.41. The molecule has 176 valence electrons. The lowest BCUT2D eigenvalue weighted by Gasteiger charge is -2.14. The number of carboxylic acids is 1. The third kappa shape index (κ3) is 7.11. The zero-order chi connectivity index (χ0) is 24.3. The van der Waals surface area contributed by atoms with E-state index in [1.54, 1.807) is 6.92 Å². The van der Waals surface area contributed by atoms with Crippen molar-refractivity contribution in [2.24, 2.45) is 11.8 Å². The number of fused-ring (bicyclic) bond motifs is 3. The highest BCUT2D eigenvalue weighted by molar-refractivity contribution is 6.08. The van der Waals surface area contributed by atoms with Gasteiger partial charge in [-0.1, -0.05) is 71.0 Å². The predicted molar refractivity (Wildman–Crippen MR) is 133 cm³/mol. The molecule has 3 rings (SSSR count). The molecule has 1 N–H and O–H groups in total. The predicted octanol–water partition coefficient (Wildman–Crippen LogP) is 7.09. The number of esters is 1. The number of ether oxygens (including phenoxy) is 1. The van der Waals surface area contributed by atoms with Crippen LogP contribution in [0.1, 0.15) is 66.8 Å². The number of hydrogen-bond donors (Lipinski definition) is 1. The van der Waals surface area contributed by atoms with Crippen LogP contribution in [0.25, 0.3) is 21.8 Å². The fourth-order valence-corrected chi connectivity index (χ4v) is 3.15. The topological polar surface area (TPSA) is 68.5 Å². The molecule has 2 aromatic carbocycles. The molecule has 1 heterocycles. The lowest BCUT2D eigenvalue weighted by atomic mass is 10.1. The zero-order valence-electron chi connectivity index (χ0n) is 20.6. The first-order chi connectivity index (χ1) is 15.2. The van der Waals surface area contributed by atoms with Gasteiger partial charge in [-0.05, 0) is 38.3 Å².